The smallest absolute Gasteiger partial charge is 0.253 e. The molecule has 1 amide bonds. The summed E-state index contributed by atoms with van der Waals surface area (Å²) in [5.74, 6) is 0.969. The number of carbonyl (C=O) groups is 1. The zero-order valence-electron chi connectivity index (χ0n) is 11.3. The first kappa shape index (κ1) is 12.4. The number of aromatic nitrogens is 1. The lowest BCUT2D eigenvalue weighted by atomic mass is 10.2. The fourth-order valence-electron chi connectivity index (χ4n) is 2.24. The maximum atomic E-state index is 11.9. The third-order valence-corrected chi connectivity index (χ3v) is 3.75. The highest BCUT2D eigenvalue weighted by Crippen LogP contribution is 2.19. The summed E-state index contributed by atoms with van der Waals surface area (Å²) >= 11 is 0. The van der Waals surface area contributed by atoms with Gasteiger partial charge in [-0.2, -0.15) is 0 Å². The Kier molecular flexibility index (Phi) is 3.38. The number of hydrogen-bond acceptors (Lipinski definition) is 4. The van der Waals surface area contributed by atoms with Gasteiger partial charge in [0.05, 0.1) is 5.56 Å². The molecule has 1 saturated carbocycles. The highest BCUT2D eigenvalue weighted by Gasteiger charge is 2.24. The van der Waals surface area contributed by atoms with E-state index in [0.29, 0.717) is 11.6 Å². The summed E-state index contributed by atoms with van der Waals surface area (Å²) in [5, 5.41) is 2.98. The lowest BCUT2D eigenvalue weighted by Crippen LogP contribution is -2.44. The van der Waals surface area contributed by atoms with E-state index in [4.69, 9.17) is 0 Å². The van der Waals surface area contributed by atoms with Gasteiger partial charge in [0.15, 0.2) is 0 Å². The molecule has 1 aliphatic heterocycles. The maximum Gasteiger partial charge on any atom is 0.253 e. The summed E-state index contributed by atoms with van der Waals surface area (Å²) < 4.78 is 0. The van der Waals surface area contributed by atoms with E-state index in [1.807, 2.05) is 12.1 Å². The molecule has 0 aromatic carbocycles. The summed E-state index contributed by atoms with van der Waals surface area (Å²) in [4.78, 5) is 20.9. The van der Waals surface area contributed by atoms with Gasteiger partial charge in [0, 0.05) is 38.4 Å². The zero-order chi connectivity index (χ0) is 13.2. The summed E-state index contributed by atoms with van der Waals surface area (Å²) in [6, 6.07) is 4.22. The minimum atomic E-state index is -0.0000671. The number of anilines is 1. The molecule has 0 bridgehead atoms. The molecule has 0 radical (unpaired) electrons. The SMILES string of the molecule is CN1CCN(c2ccc(C(=O)NC3CC3)cn2)CC1. The molecule has 1 aromatic rings. The molecule has 2 fully saturated rings. The number of hydrogen-bond donors (Lipinski definition) is 1. The third kappa shape index (κ3) is 3.04. The molecule has 0 atom stereocenters. The number of pyridine rings is 1. The standard InChI is InChI=1S/C14H20N4O/c1-17-6-8-18(9-7-17)13-5-2-11(10-15-13)14(19)16-12-3-4-12/h2,5,10,12H,3-4,6-9H2,1H3,(H,16,19). The van der Waals surface area contributed by atoms with Crippen molar-refractivity contribution in [1.82, 2.24) is 15.2 Å². The van der Waals surface area contributed by atoms with E-state index in [-0.39, 0.29) is 5.91 Å². The zero-order valence-corrected chi connectivity index (χ0v) is 11.3. The highest BCUT2D eigenvalue weighted by atomic mass is 16.1. The van der Waals surface area contributed by atoms with Gasteiger partial charge in [0.25, 0.3) is 5.91 Å². The number of nitrogens with one attached hydrogen (secondary N) is 1. The van der Waals surface area contributed by atoms with E-state index in [1.54, 1.807) is 6.20 Å². The Hall–Kier alpha value is -1.62. The predicted molar refractivity (Wildman–Crippen MR) is 74.4 cm³/mol. The van der Waals surface area contributed by atoms with Crippen molar-refractivity contribution in [3.63, 3.8) is 0 Å². The van der Waals surface area contributed by atoms with Crippen molar-refractivity contribution in [2.75, 3.05) is 38.1 Å². The Bertz CT molecular complexity index is 447. The molecular weight excluding hydrogens is 240 g/mol. The monoisotopic (exact) mass is 260 g/mol. The van der Waals surface area contributed by atoms with Gasteiger partial charge in [0.2, 0.25) is 0 Å². The number of piperazine rings is 1. The van der Waals surface area contributed by atoms with Crippen LogP contribution in [0.15, 0.2) is 18.3 Å². The van der Waals surface area contributed by atoms with Crippen LogP contribution in [0.5, 0.6) is 0 Å². The molecule has 0 unspecified atom stereocenters. The Morgan fingerprint density at radius 1 is 1.26 bits per heavy atom. The Morgan fingerprint density at radius 2 is 2.00 bits per heavy atom. The molecule has 2 aliphatic rings. The molecule has 2 heterocycles. The Morgan fingerprint density at radius 3 is 2.58 bits per heavy atom. The fourth-order valence-corrected chi connectivity index (χ4v) is 2.24. The van der Waals surface area contributed by atoms with Crippen molar-refractivity contribution in [1.29, 1.82) is 0 Å². The second kappa shape index (κ2) is 5.17. The van der Waals surface area contributed by atoms with Crippen molar-refractivity contribution in [2.45, 2.75) is 18.9 Å². The van der Waals surface area contributed by atoms with Gasteiger partial charge >= 0.3 is 0 Å². The first-order chi connectivity index (χ1) is 9.22. The average Bonchev–Trinajstić information content (AvgIpc) is 3.24. The minimum Gasteiger partial charge on any atom is -0.354 e. The number of nitrogens with zero attached hydrogens (tertiary/aromatic N) is 3. The molecule has 5 heteroatoms. The van der Waals surface area contributed by atoms with Gasteiger partial charge in [-0.15, -0.1) is 0 Å². The van der Waals surface area contributed by atoms with Crippen LogP contribution >= 0.6 is 0 Å². The molecule has 0 spiro atoms. The molecule has 1 aliphatic carbocycles. The van der Waals surface area contributed by atoms with E-state index in [2.05, 4.69) is 27.1 Å². The van der Waals surface area contributed by atoms with Crippen LogP contribution < -0.4 is 10.2 Å². The van der Waals surface area contributed by atoms with Crippen LogP contribution in [0.3, 0.4) is 0 Å². The maximum absolute atomic E-state index is 11.9. The van der Waals surface area contributed by atoms with Gasteiger partial charge in [0.1, 0.15) is 5.82 Å². The first-order valence-electron chi connectivity index (χ1n) is 6.93. The van der Waals surface area contributed by atoms with Crippen LogP contribution in [-0.2, 0) is 0 Å². The second-order valence-electron chi connectivity index (χ2n) is 5.44. The Balaban J connectivity index is 1.63. The fraction of sp³-hybridized carbons (Fsp3) is 0.571. The topological polar surface area (TPSA) is 48.5 Å². The van der Waals surface area contributed by atoms with Gasteiger partial charge in [-0.3, -0.25) is 4.79 Å². The van der Waals surface area contributed by atoms with E-state index in [1.165, 1.54) is 0 Å². The lowest BCUT2D eigenvalue weighted by Gasteiger charge is -2.33. The molecule has 1 N–H and O–H groups in total. The normalized spacial score (nSPS) is 20.4. The van der Waals surface area contributed by atoms with Crippen molar-refractivity contribution in [3.8, 4) is 0 Å². The minimum absolute atomic E-state index is 0.0000671. The molecule has 1 aromatic heterocycles. The van der Waals surface area contributed by atoms with Crippen LogP contribution in [0.1, 0.15) is 23.2 Å². The van der Waals surface area contributed by atoms with Crippen LogP contribution in [0, 0.1) is 0 Å². The summed E-state index contributed by atoms with van der Waals surface area (Å²) in [6.45, 7) is 4.12. The van der Waals surface area contributed by atoms with Crippen molar-refractivity contribution in [2.24, 2.45) is 0 Å². The van der Waals surface area contributed by atoms with Crippen LogP contribution in [-0.4, -0.2) is 55.1 Å². The van der Waals surface area contributed by atoms with Gasteiger partial charge in [-0.1, -0.05) is 0 Å². The summed E-state index contributed by atoms with van der Waals surface area (Å²) in [6.07, 6.45) is 3.91. The van der Waals surface area contributed by atoms with E-state index >= 15 is 0 Å². The molecule has 1 saturated heterocycles. The average molecular weight is 260 g/mol. The van der Waals surface area contributed by atoms with E-state index in [0.717, 1.165) is 44.8 Å². The number of amides is 1. The lowest BCUT2D eigenvalue weighted by molar-refractivity contribution is 0.0950. The number of likely N-dealkylation sites (N-methyl/N-ethyl adjacent to an activating group) is 1. The van der Waals surface area contributed by atoms with Gasteiger partial charge < -0.3 is 15.1 Å². The van der Waals surface area contributed by atoms with E-state index < -0.39 is 0 Å². The van der Waals surface area contributed by atoms with Crippen molar-refractivity contribution in [3.05, 3.63) is 23.9 Å². The summed E-state index contributed by atoms with van der Waals surface area (Å²) in [7, 11) is 2.14. The number of rotatable bonds is 3. The molecule has 3 rings (SSSR count). The molecule has 19 heavy (non-hydrogen) atoms. The summed E-state index contributed by atoms with van der Waals surface area (Å²) in [5.41, 5.74) is 0.657. The van der Waals surface area contributed by atoms with Gasteiger partial charge in [-0.25, -0.2) is 4.98 Å². The second-order valence-corrected chi connectivity index (χ2v) is 5.44. The number of carbonyl (C=O) groups excluding carboxylic acids is 1. The van der Waals surface area contributed by atoms with Crippen LogP contribution in [0.2, 0.25) is 0 Å². The molecular formula is C14H20N4O. The molecule has 102 valence electrons. The first-order valence-corrected chi connectivity index (χ1v) is 6.93. The molecule has 5 nitrogen and oxygen atoms in total. The Labute approximate surface area is 113 Å². The predicted octanol–water partition coefficient (Wildman–Crippen LogP) is 0.726. The largest absolute Gasteiger partial charge is 0.354 e. The van der Waals surface area contributed by atoms with Crippen LogP contribution in [0.25, 0.3) is 0 Å². The van der Waals surface area contributed by atoms with Crippen LogP contribution in [0.4, 0.5) is 5.82 Å². The van der Waals surface area contributed by atoms with Crippen molar-refractivity contribution < 1.29 is 4.79 Å². The van der Waals surface area contributed by atoms with Crippen molar-refractivity contribution >= 4 is 11.7 Å². The van der Waals surface area contributed by atoms with Gasteiger partial charge in [-0.05, 0) is 32.0 Å². The quantitative estimate of drug-likeness (QED) is 0.870. The highest BCUT2D eigenvalue weighted by molar-refractivity contribution is 5.94. The third-order valence-electron chi connectivity index (χ3n) is 3.75. The van der Waals surface area contributed by atoms with E-state index in [9.17, 15) is 4.79 Å².